The average molecular weight is 301 g/mol. The summed E-state index contributed by atoms with van der Waals surface area (Å²) < 4.78 is 0. The van der Waals surface area contributed by atoms with Gasteiger partial charge in [-0.15, -0.1) is 0 Å². The molecular weight excluding hydrogens is 270 g/mol. The number of amides is 1. The Morgan fingerprint density at radius 3 is 2.32 bits per heavy atom. The first-order chi connectivity index (χ1) is 10.5. The zero-order chi connectivity index (χ0) is 16.5. The molecular formula is C20H31NO. The van der Waals surface area contributed by atoms with Crippen molar-refractivity contribution >= 4 is 5.91 Å². The van der Waals surface area contributed by atoms with Gasteiger partial charge in [-0.05, 0) is 52.2 Å². The van der Waals surface area contributed by atoms with E-state index in [1.807, 2.05) is 23.1 Å². The van der Waals surface area contributed by atoms with Gasteiger partial charge in [0.05, 0.1) is 0 Å². The Bertz CT molecular complexity index is 480. The molecule has 1 aromatic carbocycles. The molecule has 0 unspecified atom stereocenters. The van der Waals surface area contributed by atoms with Crippen LogP contribution in [0.3, 0.4) is 0 Å². The Kier molecular flexibility index (Phi) is 7.94. The molecule has 1 aromatic rings. The van der Waals surface area contributed by atoms with E-state index in [1.54, 1.807) is 0 Å². The molecule has 2 nitrogen and oxygen atoms in total. The average Bonchev–Trinajstić information content (AvgIpc) is 2.46. The molecule has 0 heterocycles. The number of rotatable bonds is 8. The second kappa shape index (κ2) is 9.45. The summed E-state index contributed by atoms with van der Waals surface area (Å²) in [4.78, 5) is 14.8. The van der Waals surface area contributed by atoms with Gasteiger partial charge in [-0.1, -0.05) is 50.1 Å². The van der Waals surface area contributed by atoms with Crippen molar-refractivity contribution in [2.24, 2.45) is 0 Å². The summed E-state index contributed by atoms with van der Waals surface area (Å²) in [6, 6.07) is 8.41. The van der Waals surface area contributed by atoms with Crippen LogP contribution >= 0.6 is 0 Å². The number of hydrogen-bond donors (Lipinski definition) is 0. The van der Waals surface area contributed by atoms with Crippen LogP contribution in [0.4, 0.5) is 0 Å². The molecule has 0 radical (unpaired) electrons. The van der Waals surface area contributed by atoms with Gasteiger partial charge in [0.25, 0.3) is 5.91 Å². The number of allylic oxidation sites excluding steroid dienone is 2. The summed E-state index contributed by atoms with van der Waals surface area (Å²) in [6.07, 6.45) is 8.82. The summed E-state index contributed by atoms with van der Waals surface area (Å²) in [6.45, 7) is 10.5. The highest BCUT2D eigenvalue weighted by Crippen LogP contribution is 2.17. The van der Waals surface area contributed by atoms with E-state index in [-0.39, 0.29) is 18.0 Å². The van der Waals surface area contributed by atoms with E-state index in [9.17, 15) is 4.79 Å². The fourth-order valence-electron chi connectivity index (χ4n) is 2.76. The standard InChI is InChI=1S/C20H31NO/c1-6-7-8-9-10-13-18-14-11-12-15-19(18)20(22)21(16(2)3)17(4)5/h9-12,14-17H,6-8,13H2,1-5H3/b10-9+. The molecule has 0 aliphatic rings. The normalized spacial score (nSPS) is 11.6. The minimum Gasteiger partial charge on any atom is -0.334 e. The van der Waals surface area contributed by atoms with Crippen molar-refractivity contribution in [1.82, 2.24) is 4.90 Å². The second-order valence-corrected chi connectivity index (χ2v) is 6.37. The van der Waals surface area contributed by atoms with Gasteiger partial charge in [-0.2, -0.15) is 0 Å². The lowest BCUT2D eigenvalue weighted by atomic mass is 10.0. The minimum absolute atomic E-state index is 0.141. The summed E-state index contributed by atoms with van der Waals surface area (Å²) in [5.74, 6) is 0.141. The molecule has 0 bridgehead atoms. The van der Waals surface area contributed by atoms with E-state index in [0.717, 1.165) is 24.0 Å². The quantitative estimate of drug-likeness (QED) is 0.475. The molecule has 0 aliphatic carbocycles. The number of unbranched alkanes of at least 4 members (excludes halogenated alkanes) is 2. The smallest absolute Gasteiger partial charge is 0.254 e. The Balaban J connectivity index is 2.90. The third-order valence-electron chi connectivity index (χ3n) is 3.82. The second-order valence-electron chi connectivity index (χ2n) is 6.37. The predicted octanol–water partition coefficient (Wildman–Crippen LogP) is 5.23. The van der Waals surface area contributed by atoms with E-state index in [2.05, 4.69) is 52.8 Å². The first-order valence-corrected chi connectivity index (χ1v) is 8.54. The van der Waals surface area contributed by atoms with Gasteiger partial charge in [0.1, 0.15) is 0 Å². The van der Waals surface area contributed by atoms with E-state index < -0.39 is 0 Å². The third-order valence-corrected chi connectivity index (χ3v) is 3.82. The van der Waals surface area contributed by atoms with Gasteiger partial charge in [0, 0.05) is 17.6 Å². The van der Waals surface area contributed by atoms with Crippen molar-refractivity contribution in [1.29, 1.82) is 0 Å². The van der Waals surface area contributed by atoms with Gasteiger partial charge >= 0.3 is 0 Å². The molecule has 0 atom stereocenters. The van der Waals surface area contributed by atoms with Crippen LogP contribution in [0.5, 0.6) is 0 Å². The number of carbonyl (C=O) groups is 1. The summed E-state index contributed by atoms with van der Waals surface area (Å²) >= 11 is 0. The monoisotopic (exact) mass is 301 g/mol. The van der Waals surface area contributed by atoms with Gasteiger partial charge in [0.15, 0.2) is 0 Å². The lowest BCUT2D eigenvalue weighted by molar-refractivity contribution is 0.0643. The van der Waals surface area contributed by atoms with Crippen LogP contribution in [0.25, 0.3) is 0 Å². The Labute approximate surface area is 136 Å². The van der Waals surface area contributed by atoms with Crippen LogP contribution in [-0.2, 0) is 6.42 Å². The van der Waals surface area contributed by atoms with Crippen LogP contribution in [0.2, 0.25) is 0 Å². The largest absolute Gasteiger partial charge is 0.334 e. The summed E-state index contributed by atoms with van der Waals surface area (Å²) in [5.41, 5.74) is 1.96. The summed E-state index contributed by atoms with van der Waals surface area (Å²) in [7, 11) is 0. The van der Waals surface area contributed by atoms with E-state index in [4.69, 9.17) is 0 Å². The van der Waals surface area contributed by atoms with Crippen molar-refractivity contribution < 1.29 is 4.79 Å². The first kappa shape index (κ1) is 18.5. The molecule has 2 heteroatoms. The van der Waals surface area contributed by atoms with Gasteiger partial charge in [0.2, 0.25) is 0 Å². The highest BCUT2D eigenvalue weighted by molar-refractivity contribution is 5.96. The summed E-state index contributed by atoms with van der Waals surface area (Å²) in [5, 5.41) is 0. The molecule has 0 aromatic heterocycles. The highest BCUT2D eigenvalue weighted by atomic mass is 16.2. The van der Waals surface area contributed by atoms with Crippen LogP contribution in [0.1, 0.15) is 69.8 Å². The van der Waals surface area contributed by atoms with Crippen molar-refractivity contribution in [2.45, 2.75) is 72.4 Å². The molecule has 1 amide bonds. The van der Waals surface area contributed by atoms with Crippen molar-refractivity contribution in [3.8, 4) is 0 Å². The van der Waals surface area contributed by atoms with Crippen molar-refractivity contribution in [2.75, 3.05) is 0 Å². The molecule has 1 rings (SSSR count). The molecule has 0 saturated carbocycles. The molecule has 22 heavy (non-hydrogen) atoms. The number of nitrogens with zero attached hydrogens (tertiary/aromatic N) is 1. The minimum atomic E-state index is 0.141. The molecule has 0 N–H and O–H groups in total. The third kappa shape index (κ3) is 5.32. The Morgan fingerprint density at radius 2 is 1.73 bits per heavy atom. The zero-order valence-corrected chi connectivity index (χ0v) is 14.8. The van der Waals surface area contributed by atoms with Crippen LogP contribution in [0, 0.1) is 0 Å². The lowest BCUT2D eigenvalue weighted by Crippen LogP contribution is -2.42. The lowest BCUT2D eigenvalue weighted by Gasteiger charge is -2.31. The fourth-order valence-corrected chi connectivity index (χ4v) is 2.76. The maximum absolute atomic E-state index is 12.9. The number of benzene rings is 1. The van der Waals surface area contributed by atoms with Crippen LogP contribution < -0.4 is 0 Å². The molecule has 0 spiro atoms. The highest BCUT2D eigenvalue weighted by Gasteiger charge is 2.22. The van der Waals surface area contributed by atoms with E-state index in [0.29, 0.717) is 0 Å². The number of carbonyl (C=O) groups excluding carboxylic acids is 1. The Hall–Kier alpha value is -1.57. The van der Waals surface area contributed by atoms with E-state index in [1.165, 1.54) is 12.8 Å². The predicted molar refractivity (Wildman–Crippen MR) is 95.3 cm³/mol. The van der Waals surface area contributed by atoms with Crippen molar-refractivity contribution in [3.63, 3.8) is 0 Å². The fraction of sp³-hybridized carbons (Fsp3) is 0.550. The van der Waals surface area contributed by atoms with Gasteiger partial charge < -0.3 is 4.90 Å². The van der Waals surface area contributed by atoms with Gasteiger partial charge in [-0.3, -0.25) is 4.79 Å². The topological polar surface area (TPSA) is 20.3 Å². The zero-order valence-electron chi connectivity index (χ0n) is 14.8. The molecule has 0 fully saturated rings. The first-order valence-electron chi connectivity index (χ1n) is 8.54. The number of hydrogen-bond acceptors (Lipinski definition) is 1. The van der Waals surface area contributed by atoms with Crippen LogP contribution in [-0.4, -0.2) is 22.9 Å². The maximum atomic E-state index is 12.9. The van der Waals surface area contributed by atoms with E-state index >= 15 is 0 Å². The van der Waals surface area contributed by atoms with Crippen LogP contribution in [0.15, 0.2) is 36.4 Å². The maximum Gasteiger partial charge on any atom is 0.254 e. The van der Waals surface area contributed by atoms with Crippen molar-refractivity contribution in [3.05, 3.63) is 47.5 Å². The van der Waals surface area contributed by atoms with Gasteiger partial charge in [-0.25, -0.2) is 0 Å². The Morgan fingerprint density at radius 1 is 1.09 bits per heavy atom. The molecule has 0 saturated heterocycles. The molecule has 122 valence electrons. The molecule has 0 aliphatic heterocycles. The SMILES string of the molecule is CCCC/C=C/Cc1ccccc1C(=O)N(C(C)C)C(C)C.